The molecule has 0 saturated carbocycles. The van der Waals surface area contributed by atoms with Gasteiger partial charge in [-0.15, -0.1) is 6.42 Å². The van der Waals surface area contributed by atoms with Gasteiger partial charge < -0.3 is 14.8 Å². The Kier molecular flexibility index (Phi) is 3.89. The number of hydrogen-bond donors (Lipinski definition) is 1. The largest absolute Gasteiger partial charge is 0.486 e. The number of nitrogens with one attached hydrogen (secondary N) is 1. The molecule has 1 aliphatic rings. The van der Waals surface area contributed by atoms with Crippen LogP contribution in [0.3, 0.4) is 0 Å². The summed E-state index contributed by atoms with van der Waals surface area (Å²) < 4.78 is 11.0. The van der Waals surface area contributed by atoms with E-state index in [1.54, 1.807) is 0 Å². The SMILES string of the molecule is C#CC(C)NCCc1ccc2c(c1)OCCO2. The van der Waals surface area contributed by atoms with Crippen LogP contribution in [0.25, 0.3) is 0 Å². The highest BCUT2D eigenvalue weighted by Gasteiger charge is 2.11. The van der Waals surface area contributed by atoms with Crippen molar-refractivity contribution in [3.05, 3.63) is 23.8 Å². The zero-order valence-corrected chi connectivity index (χ0v) is 10.0. The smallest absolute Gasteiger partial charge is 0.161 e. The first-order valence-electron chi connectivity index (χ1n) is 5.87. The van der Waals surface area contributed by atoms with E-state index < -0.39 is 0 Å². The van der Waals surface area contributed by atoms with E-state index >= 15 is 0 Å². The maximum atomic E-state index is 5.53. The first kappa shape index (κ1) is 11.8. The van der Waals surface area contributed by atoms with Gasteiger partial charge >= 0.3 is 0 Å². The van der Waals surface area contributed by atoms with Gasteiger partial charge in [0.25, 0.3) is 0 Å². The van der Waals surface area contributed by atoms with E-state index in [1.807, 2.05) is 19.1 Å². The molecule has 0 bridgehead atoms. The number of terminal acetylenes is 1. The monoisotopic (exact) mass is 231 g/mol. The van der Waals surface area contributed by atoms with Crippen molar-refractivity contribution in [2.24, 2.45) is 0 Å². The fourth-order valence-electron chi connectivity index (χ4n) is 1.74. The zero-order valence-electron chi connectivity index (χ0n) is 10.0. The second kappa shape index (κ2) is 5.60. The predicted octanol–water partition coefficient (Wildman–Crippen LogP) is 1.61. The summed E-state index contributed by atoms with van der Waals surface area (Å²) in [6, 6.07) is 6.19. The van der Waals surface area contributed by atoms with Crippen molar-refractivity contribution >= 4 is 0 Å². The van der Waals surface area contributed by atoms with E-state index in [4.69, 9.17) is 15.9 Å². The minimum absolute atomic E-state index is 0.118. The van der Waals surface area contributed by atoms with Gasteiger partial charge in [-0.1, -0.05) is 12.0 Å². The Balaban J connectivity index is 1.91. The normalized spacial score (nSPS) is 15.1. The fraction of sp³-hybridized carbons (Fsp3) is 0.429. The first-order chi connectivity index (χ1) is 8.29. The van der Waals surface area contributed by atoms with Crippen LogP contribution in [0.2, 0.25) is 0 Å². The summed E-state index contributed by atoms with van der Waals surface area (Å²) in [4.78, 5) is 0. The van der Waals surface area contributed by atoms with E-state index in [9.17, 15) is 0 Å². The van der Waals surface area contributed by atoms with Crippen LogP contribution in [0.4, 0.5) is 0 Å². The van der Waals surface area contributed by atoms with Gasteiger partial charge in [0.05, 0.1) is 6.04 Å². The number of fused-ring (bicyclic) bond motifs is 1. The van der Waals surface area contributed by atoms with Gasteiger partial charge in [0.15, 0.2) is 11.5 Å². The van der Waals surface area contributed by atoms with Crippen LogP contribution in [-0.4, -0.2) is 25.8 Å². The third-order valence-electron chi connectivity index (χ3n) is 2.72. The molecule has 0 aliphatic carbocycles. The number of ether oxygens (including phenoxy) is 2. The van der Waals surface area contributed by atoms with Crippen LogP contribution in [-0.2, 0) is 6.42 Å². The Hall–Kier alpha value is -1.66. The molecular weight excluding hydrogens is 214 g/mol. The van der Waals surface area contributed by atoms with Gasteiger partial charge in [-0.3, -0.25) is 0 Å². The summed E-state index contributed by atoms with van der Waals surface area (Å²) in [6.45, 7) is 4.10. The molecule has 1 aromatic rings. The molecule has 0 saturated heterocycles. The number of benzene rings is 1. The van der Waals surface area contributed by atoms with E-state index in [0.29, 0.717) is 13.2 Å². The Morgan fingerprint density at radius 3 is 2.88 bits per heavy atom. The lowest BCUT2D eigenvalue weighted by atomic mass is 10.1. The average Bonchev–Trinajstić information content (AvgIpc) is 2.38. The highest BCUT2D eigenvalue weighted by Crippen LogP contribution is 2.30. The van der Waals surface area contributed by atoms with Crippen molar-refractivity contribution in [2.75, 3.05) is 19.8 Å². The molecule has 0 radical (unpaired) electrons. The van der Waals surface area contributed by atoms with Crippen molar-refractivity contribution in [1.82, 2.24) is 5.32 Å². The molecule has 1 N–H and O–H groups in total. The highest BCUT2D eigenvalue weighted by molar-refractivity contribution is 5.43. The van der Waals surface area contributed by atoms with E-state index in [2.05, 4.69) is 17.3 Å². The van der Waals surface area contributed by atoms with Crippen LogP contribution >= 0.6 is 0 Å². The fourth-order valence-corrected chi connectivity index (χ4v) is 1.74. The molecule has 0 amide bonds. The summed E-state index contributed by atoms with van der Waals surface area (Å²) in [7, 11) is 0. The second-order valence-corrected chi connectivity index (χ2v) is 4.07. The molecule has 90 valence electrons. The maximum Gasteiger partial charge on any atom is 0.161 e. The molecule has 2 rings (SSSR count). The number of hydrogen-bond acceptors (Lipinski definition) is 3. The summed E-state index contributed by atoms with van der Waals surface area (Å²) in [5.41, 5.74) is 1.23. The molecular formula is C14H17NO2. The zero-order chi connectivity index (χ0) is 12.1. The molecule has 1 heterocycles. The van der Waals surface area contributed by atoms with Crippen LogP contribution < -0.4 is 14.8 Å². The summed E-state index contributed by atoms with van der Waals surface area (Å²) in [6.07, 6.45) is 6.23. The Morgan fingerprint density at radius 1 is 1.35 bits per heavy atom. The van der Waals surface area contributed by atoms with E-state index in [1.165, 1.54) is 5.56 Å². The lowest BCUT2D eigenvalue weighted by molar-refractivity contribution is 0.171. The number of rotatable bonds is 4. The first-order valence-corrected chi connectivity index (χ1v) is 5.87. The maximum absolute atomic E-state index is 5.53. The van der Waals surface area contributed by atoms with E-state index in [0.717, 1.165) is 24.5 Å². The molecule has 1 aromatic carbocycles. The minimum Gasteiger partial charge on any atom is -0.486 e. The van der Waals surface area contributed by atoms with Crippen molar-refractivity contribution in [3.63, 3.8) is 0 Å². The Bertz CT molecular complexity index is 423. The molecule has 1 unspecified atom stereocenters. The van der Waals surface area contributed by atoms with Gasteiger partial charge in [0.1, 0.15) is 13.2 Å². The van der Waals surface area contributed by atoms with Gasteiger partial charge in [0, 0.05) is 6.54 Å². The van der Waals surface area contributed by atoms with Crippen LogP contribution in [0.5, 0.6) is 11.5 Å². The van der Waals surface area contributed by atoms with Crippen LogP contribution in [0.1, 0.15) is 12.5 Å². The summed E-state index contributed by atoms with van der Waals surface area (Å²) in [5, 5.41) is 3.25. The lowest BCUT2D eigenvalue weighted by Crippen LogP contribution is -2.26. The van der Waals surface area contributed by atoms with Gasteiger partial charge in [-0.25, -0.2) is 0 Å². The van der Waals surface area contributed by atoms with Crippen molar-refractivity contribution in [2.45, 2.75) is 19.4 Å². The topological polar surface area (TPSA) is 30.5 Å². The molecule has 0 fully saturated rings. The average molecular weight is 231 g/mol. The van der Waals surface area contributed by atoms with Crippen molar-refractivity contribution < 1.29 is 9.47 Å². The highest BCUT2D eigenvalue weighted by atomic mass is 16.6. The third kappa shape index (κ3) is 3.15. The van der Waals surface area contributed by atoms with Gasteiger partial charge in [-0.05, 0) is 31.0 Å². The van der Waals surface area contributed by atoms with Crippen LogP contribution in [0.15, 0.2) is 18.2 Å². The summed E-state index contributed by atoms with van der Waals surface area (Å²) >= 11 is 0. The molecule has 0 aromatic heterocycles. The minimum atomic E-state index is 0.118. The Labute approximate surface area is 102 Å². The molecule has 0 spiro atoms. The quantitative estimate of drug-likeness (QED) is 0.799. The Morgan fingerprint density at radius 2 is 2.12 bits per heavy atom. The molecule has 3 heteroatoms. The predicted molar refractivity (Wildman–Crippen MR) is 67.4 cm³/mol. The molecule has 1 aliphatic heterocycles. The van der Waals surface area contributed by atoms with Crippen molar-refractivity contribution in [3.8, 4) is 23.8 Å². The molecule has 17 heavy (non-hydrogen) atoms. The lowest BCUT2D eigenvalue weighted by Gasteiger charge is -2.19. The van der Waals surface area contributed by atoms with Crippen molar-refractivity contribution in [1.29, 1.82) is 0 Å². The third-order valence-corrected chi connectivity index (χ3v) is 2.72. The van der Waals surface area contributed by atoms with Crippen LogP contribution in [0, 0.1) is 12.3 Å². The van der Waals surface area contributed by atoms with Gasteiger partial charge in [-0.2, -0.15) is 0 Å². The van der Waals surface area contributed by atoms with E-state index in [-0.39, 0.29) is 6.04 Å². The second-order valence-electron chi connectivity index (χ2n) is 4.07. The van der Waals surface area contributed by atoms with Gasteiger partial charge in [0.2, 0.25) is 0 Å². The molecule has 1 atom stereocenters. The standard InChI is InChI=1S/C14H17NO2/c1-3-11(2)15-7-6-12-4-5-13-14(10-12)17-9-8-16-13/h1,4-5,10-11,15H,6-9H2,2H3. The summed E-state index contributed by atoms with van der Waals surface area (Å²) in [5.74, 6) is 4.33. The molecule has 3 nitrogen and oxygen atoms in total.